The third-order valence-electron chi connectivity index (χ3n) is 2.80. The highest BCUT2D eigenvalue weighted by Crippen LogP contribution is 2.26. The van der Waals surface area contributed by atoms with E-state index in [2.05, 4.69) is 5.10 Å². The molecule has 1 heterocycles. The topological polar surface area (TPSA) is 70.1 Å². The van der Waals surface area contributed by atoms with E-state index in [-0.39, 0.29) is 5.78 Å². The summed E-state index contributed by atoms with van der Waals surface area (Å²) in [6, 6.07) is 4.08. The van der Waals surface area contributed by atoms with E-state index in [1.165, 1.54) is 7.11 Å². The van der Waals surface area contributed by atoms with Gasteiger partial charge in [0.25, 0.3) is 0 Å². The van der Waals surface area contributed by atoms with Gasteiger partial charge in [-0.05, 0) is 18.2 Å². The van der Waals surface area contributed by atoms with Gasteiger partial charge in [-0.1, -0.05) is 11.6 Å². The van der Waals surface area contributed by atoms with Gasteiger partial charge in [-0.25, -0.2) is 0 Å². The summed E-state index contributed by atoms with van der Waals surface area (Å²) in [4.78, 5) is 12.3. The number of aryl methyl sites for hydroxylation is 1. The van der Waals surface area contributed by atoms with Gasteiger partial charge in [0, 0.05) is 24.4 Å². The van der Waals surface area contributed by atoms with Crippen LogP contribution in [-0.2, 0) is 7.05 Å². The van der Waals surface area contributed by atoms with E-state index >= 15 is 0 Å². The van der Waals surface area contributed by atoms with Gasteiger partial charge in [-0.15, -0.1) is 0 Å². The average Bonchev–Trinajstić information content (AvgIpc) is 2.84. The van der Waals surface area contributed by atoms with Crippen LogP contribution in [0.5, 0.6) is 5.75 Å². The molecule has 0 radical (unpaired) electrons. The zero-order valence-corrected chi connectivity index (χ0v) is 11.4. The van der Waals surface area contributed by atoms with E-state index in [9.17, 15) is 4.79 Å². The Kier molecular flexibility index (Phi) is 3.87. The SMILES string of the molecule is COc1cc(C(=O)C(N)c2cnn(C)c2)ccc1Cl. The van der Waals surface area contributed by atoms with Crippen molar-refractivity contribution in [1.29, 1.82) is 0 Å². The summed E-state index contributed by atoms with van der Waals surface area (Å²) in [5.41, 5.74) is 7.06. The normalized spacial score (nSPS) is 12.2. The molecular weight excluding hydrogens is 266 g/mol. The summed E-state index contributed by atoms with van der Waals surface area (Å²) in [6.45, 7) is 0. The van der Waals surface area contributed by atoms with E-state index in [1.807, 2.05) is 0 Å². The average molecular weight is 280 g/mol. The molecule has 0 saturated carbocycles. The fourth-order valence-electron chi connectivity index (χ4n) is 1.74. The number of ether oxygens (including phenoxy) is 1. The number of aromatic nitrogens is 2. The van der Waals surface area contributed by atoms with Crippen molar-refractivity contribution in [3.63, 3.8) is 0 Å². The molecule has 100 valence electrons. The Morgan fingerprint density at radius 1 is 1.53 bits per heavy atom. The second-order valence-electron chi connectivity index (χ2n) is 4.14. The zero-order chi connectivity index (χ0) is 14.0. The smallest absolute Gasteiger partial charge is 0.184 e. The van der Waals surface area contributed by atoms with Crippen LogP contribution in [0.3, 0.4) is 0 Å². The Morgan fingerprint density at radius 3 is 2.84 bits per heavy atom. The van der Waals surface area contributed by atoms with Crippen molar-refractivity contribution >= 4 is 17.4 Å². The molecule has 0 amide bonds. The number of nitrogens with zero attached hydrogens (tertiary/aromatic N) is 2. The first-order valence-electron chi connectivity index (χ1n) is 5.65. The lowest BCUT2D eigenvalue weighted by molar-refractivity contribution is 0.0961. The van der Waals surface area contributed by atoms with Crippen LogP contribution >= 0.6 is 11.6 Å². The van der Waals surface area contributed by atoms with Crippen LogP contribution in [0.15, 0.2) is 30.6 Å². The molecule has 0 spiro atoms. The molecule has 0 bridgehead atoms. The monoisotopic (exact) mass is 279 g/mol. The molecule has 19 heavy (non-hydrogen) atoms. The highest BCUT2D eigenvalue weighted by molar-refractivity contribution is 6.32. The van der Waals surface area contributed by atoms with Crippen molar-refractivity contribution in [2.24, 2.45) is 12.8 Å². The van der Waals surface area contributed by atoms with Crippen molar-refractivity contribution < 1.29 is 9.53 Å². The van der Waals surface area contributed by atoms with E-state index in [0.29, 0.717) is 21.9 Å². The minimum atomic E-state index is -0.750. The molecule has 0 aliphatic heterocycles. The second kappa shape index (κ2) is 5.42. The molecule has 1 aromatic carbocycles. The summed E-state index contributed by atoms with van der Waals surface area (Å²) in [7, 11) is 3.27. The van der Waals surface area contributed by atoms with Crippen LogP contribution in [-0.4, -0.2) is 22.7 Å². The fourth-order valence-corrected chi connectivity index (χ4v) is 1.94. The predicted octanol–water partition coefficient (Wildman–Crippen LogP) is 1.96. The van der Waals surface area contributed by atoms with Crippen LogP contribution in [0.25, 0.3) is 0 Å². The van der Waals surface area contributed by atoms with Gasteiger partial charge in [0.1, 0.15) is 5.75 Å². The number of carbonyl (C=O) groups excluding carboxylic acids is 1. The maximum absolute atomic E-state index is 12.3. The van der Waals surface area contributed by atoms with Crippen LogP contribution in [0.1, 0.15) is 22.0 Å². The lowest BCUT2D eigenvalue weighted by Crippen LogP contribution is -2.21. The summed E-state index contributed by atoms with van der Waals surface area (Å²) < 4.78 is 6.69. The molecule has 6 heteroatoms. The van der Waals surface area contributed by atoms with E-state index in [4.69, 9.17) is 22.1 Å². The first kappa shape index (κ1) is 13.6. The standard InChI is InChI=1S/C13H14ClN3O2/c1-17-7-9(6-16-17)12(15)13(18)8-3-4-10(14)11(5-8)19-2/h3-7,12H,15H2,1-2H3. The number of hydrogen-bond acceptors (Lipinski definition) is 4. The molecule has 1 aromatic heterocycles. The Morgan fingerprint density at radius 2 is 2.26 bits per heavy atom. The molecule has 1 atom stereocenters. The predicted molar refractivity (Wildman–Crippen MR) is 72.5 cm³/mol. The zero-order valence-electron chi connectivity index (χ0n) is 10.6. The van der Waals surface area contributed by atoms with Crippen molar-refractivity contribution in [2.45, 2.75) is 6.04 Å². The molecule has 2 N–H and O–H groups in total. The minimum Gasteiger partial charge on any atom is -0.495 e. The van der Waals surface area contributed by atoms with Crippen molar-refractivity contribution in [2.75, 3.05) is 7.11 Å². The highest BCUT2D eigenvalue weighted by Gasteiger charge is 2.20. The van der Waals surface area contributed by atoms with Crippen LogP contribution in [0.2, 0.25) is 5.02 Å². The molecule has 2 aromatic rings. The lowest BCUT2D eigenvalue weighted by atomic mass is 10.0. The van der Waals surface area contributed by atoms with Crippen molar-refractivity contribution in [3.05, 3.63) is 46.7 Å². The molecule has 0 aliphatic carbocycles. The largest absolute Gasteiger partial charge is 0.495 e. The Balaban J connectivity index is 2.29. The summed E-state index contributed by atoms with van der Waals surface area (Å²) >= 11 is 5.92. The number of methoxy groups -OCH3 is 1. The van der Waals surface area contributed by atoms with Crippen LogP contribution in [0.4, 0.5) is 0 Å². The Labute approximate surface area is 115 Å². The van der Waals surface area contributed by atoms with E-state index < -0.39 is 6.04 Å². The number of ketones is 1. The molecule has 0 saturated heterocycles. The van der Waals surface area contributed by atoms with Gasteiger partial charge in [0.15, 0.2) is 5.78 Å². The van der Waals surface area contributed by atoms with Gasteiger partial charge in [0.2, 0.25) is 0 Å². The maximum Gasteiger partial charge on any atom is 0.184 e. The van der Waals surface area contributed by atoms with Gasteiger partial charge >= 0.3 is 0 Å². The van der Waals surface area contributed by atoms with E-state index in [1.54, 1.807) is 42.3 Å². The number of hydrogen-bond donors (Lipinski definition) is 1. The van der Waals surface area contributed by atoms with Gasteiger partial charge in [-0.3, -0.25) is 9.48 Å². The van der Waals surface area contributed by atoms with Crippen molar-refractivity contribution in [3.8, 4) is 5.75 Å². The molecular formula is C13H14ClN3O2. The molecule has 0 fully saturated rings. The number of rotatable bonds is 4. The number of nitrogens with two attached hydrogens (primary N) is 1. The summed E-state index contributed by atoms with van der Waals surface area (Å²) in [6.07, 6.45) is 3.30. The number of halogens is 1. The third kappa shape index (κ3) is 2.77. The van der Waals surface area contributed by atoms with Gasteiger partial charge < -0.3 is 10.5 Å². The molecule has 2 rings (SSSR count). The summed E-state index contributed by atoms with van der Waals surface area (Å²) in [5.74, 6) is 0.244. The van der Waals surface area contributed by atoms with Crippen molar-refractivity contribution in [1.82, 2.24) is 9.78 Å². The summed E-state index contributed by atoms with van der Waals surface area (Å²) in [5, 5.41) is 4.45. The number of carbonyl (C=O) groups is 1. The van der Waals surface area contributed by atoms with E-state index in [0.717, 1.165) is 0 Å². The second-order valence-corrected chi connectivity index (χ2v) is 4.55. The van der Waals surface area contributed by atoms with Gasteiger partial charge in [0.05, 0.1) is 24.4 Å². The first-order valence-corrected chi connectivity index (χ1v) is 6.02. The van der Waals surface area contributed by atoms with Gasteiger partial charge in [-0.2, -0.15) is 5.10 Å². The fraction of sp³-hybridized carbons (Fsp3) is 0.231. The maximum atomic E-state index is 12.3. The number of Topliss-reactive ketones (excluding diaryl/α,β-unsaturated/α-hetero) is 1. The minimum absolute atomic E-state index is 0.206. The highest BCUT2D eigenvalue weighted by atomic mass is 35.5. The Hall–Kier alpha value is -1.85. The molecule has 0 aliphatic rings. The quantitative estimate of drug-likeness (QED) is 0.869. The number of benzene rings is 1. The third-order valence-corrected chi connectivity index (χ3v) is 3.11. The van der Waals surface area contributed by atoms with Crippen LogP contribution < -0.4 is 10.5 Å². The molecule has 1 unspecified atom stereocenters. The first-order chi connectivity index (χ1) is 9.02. The Bertz CT molecular complexity index is 610. The molecule has 5 nitrogen and oxygen atoms in total. The lowest BCUT2D eigenvalue weighted by Gasteiger charge is -2.10. The van der Waals surface area contributed by atoms with Crippen LogP contribution in [0, 0.1) is 0 Å².